The minimum atomic E-state index is 0.177. The first-order valence-electron chi connectivity index (χ1n) is 4.37. The molecule has 0 aliphatic rings. The third-order valence-corrected chi connectivity index (χ3v) is 3.24. The molecule has 0 heterocycles. The Hall–Kier alpha value is -0.960. The molecule has 2 N–H and O–H groups in total. The molecule has 1 aromatic rings. The second-order valence-electron chi connectivity index (χ2n) is 3.04. The van der Waals surface area contributed by atoms with E-state index in [0.717, 1.165) is 0 Å². The normalized spacial score (nSPS) is 13.7. The fourth-order valence-electron chi connectivity index (χ4n) is 1.44. The van der Waals surface area contributed by atoms with E-state index in [0.29, 0.717) is 20.5 Å². The second-order valence-corrected chi connectivity index (χ2v) is 3.83. The number of halogens is 1. The van der Waals surface area contributed by atoms with Crippen molar-refractivity contribution in [1.82, 2.24) is 0 Å². The molecular weight excluding hydrogens is 244 g/mol. The zero-order valence-corrected chi connectivity index (χ0v) is 10.0. The van der Waals surface area contributed by atoms with Crippen molar-refractivity contribution in [3.05, 3.63) is 20.5 Å². The van der Waals surface area contributed by atoms with Crippen molar-refractivity contribution in [3.8, 4) is 11.5 Å². The summed E-state index contributed by atoms with van der Waals surface area (Å²) in [6, 6.07) is 0. The number of rotatable bonds is 0. The fourth-order valence-corrected chi connectivity index (χ4v) is 1.84. The highest BCUT2D eigenvalue weighted by Gasteiger charge is 2.10. The Labute approximate surface area is 91.3 Å². The number of aromatic hydroxyl groups is 2. The predicted molar refractivity (Wildman–Crippen MR) is 61.7 cm³/mol. The smallest absolute Gasteiger partial charge is 0.137 e. The van der Waals surface area contributed by atoms with Crippen LogP contribution >= 0.6 is 15.9 Å². The summed E-state index contributed by atoms with van der Waals surface area (Å²) in [5.74, 6) is 0.390. The van der Waals surface area contributed by atoms with E-state index < -0.39 is 0 Å². The van der Waals surface area contributed by atoms with Gasteiger partial charge in [0.25, 0.3) is 0 Å². The van der Waals surface area contributed by atoms with Gasteiger partial charge in [0.05, 0.1) is 4.47 Å². The molecule has 0 fully saturated rings. The number of hydrogen-bond acceptors (Lipinski definition) is 2. The van der Waals surface area contributed by atoms with Gasteiger partial charge in [0, 0.05) is 16.0 Å². The molecule has 3 heteroatoms. The van der Waals surface area contributed by atoms with Crippen LogP contribution in [-0.2, 0) is 0 Å². The molecule has 0 unspecified atom stereocenters. The van der Waals surface area contributed by atoms with Crippen molar-refractivity contribution >= 4 is 28.1 Å². The van der Waals surface area contributed by atoms with Gasteiger partial charge in [-0.2, -0.15) is 0 Å². The van der Waals surface area contributed by atoms with E-state index in [1.165, 1.54) is 0 Å². The largest absolute Gasteiger partial charge is 0.507 e. The molecule has 0 aliphatic heterocycles. The summed E-state index contributed by atoms with van der Waals surface area (Å²) in [4.78, 5) is 0. The Balaban J connectivity index is 3.97. The molecule has 0 saturated heterocycles. The molecule has 0 bridgehead atoms. The maximum absolute atomic E-state index is 9.82. The van der Waals surface area contributed by atoms with Crippen molar-refractivity contribution in [3.63, 3.8) is 0 Å². The SMILES string of the molecule is CC=c1c(O)c(C)c(Br)c(O)c1=CC. The van der Waals surface area contributed by atoms with Gasteiger partial charge in [-0.1, -0.05) is 12.2 Å². The summed E-state index contributed by atoms with van der Waals surface area (Å²) < 4.78 is 0.550. The molecule has 0 aromatic heterocycles. The Kier molecular flexibility index (Phi) is 3.21. The van der Waals surface area contributed by atoms with Gasteiger partial charge in [0.1, 0.15) is 11.5 Å². The highest BCUT2D eigenvalue weighted by Crippen LogP contribution is 2.27. The van der Waals surface area contributed by atoms with Crippen LogP contribution in [0.3, 0.4) is 0 Å². The first-order chi connectivity index (χ1) is 6.54. The lowest BCUT2D eigenvalue weighted by molar-refractivity contribution is 0.446. The fraction of sp³-hybridized carbons (Fsp3) is 0.273. The van der Waals surface area contributed by atoms with Gasteiger partial charge in [-0.15, -0.1) is 0 Å². The minimum Gasteiger partial charge on any atom is -0.507 e. The summed E-state index contributed by atoms with van der Waals surface area (Å²) >= 11 is 3.24. The van der Waals surface area contributed by atoms with E-state index in [1.54, 1.807) is 19.1 Å². The summed E-state index contributed by atoms with van der Waals surface area (Å²) in [6.45, 7) is 5.41. The molecule has 14 heavy (non-hydrogen) atoms. The topological polar surface area (TPSA) is 40.5 Å². The number of hydrogen-bond donors (Lipinski definition) is 2. The molecule has 0 amide bonds. The van der Waals surface area contributed by atoms with Crippen LogP contribution in [0.4, 0.5) is 0 Å². The van der Waals surface area contributed by atoms with Crippen molar-refractivity contribution in [2.75, 3.05) is 0 Å². The maximum Gasteiger partial charge on any atom is 0.137 e. The molecule has 0 radical (unpaired) electrons. The average Bonchev–Trinajstić information content (AvgIpc) is 2.20. The number of phenolic OH excluding ortho intramolecular Hbond substituents is 2. The van der Waals surface area contributed by atoms with Crippen molar-refractivity contribution < 1.29 is 10.2 Å². The number of phenols is 2. The van der Waals surface area contributed by atoms with Crippen LogP contribution in [0.25, 0.3) is 12.2 Å². The Morgan fingerprint density at radius 3 is 1.86 bits per heavy atom. The average molecular weight is 257 g/mol. The Morgan fingerprint density at radius 2 is 1.43 bits per heavy atom. The van der Waals surface area contributed by atoms with Crippen LogP contribution in [0.1, 0.15) is 19.4 Å². The standard InChI is InChI=1S/C11H13BrO2/c1-4-7-8(5-2)11(14)9(12)6(3)10(7)13/h4-5,13-14H,1-3H3. The Bertz CT molecular complexity index is 430. The third kappa shape index (κ3) is 1.52. The summed E-state index contributed by atoms with van der Waals surface area (Å²) in [5, 5.41) is 21.0. The lowest BCUT2D eigenvalue weighted by Gasteiger charge is -2.06. The van der Waals surface area contributed by atoms with Gasteiger partial charge >= 0.3 is 0 Å². The van der Waals surface area contributed by atoms with Gasteiger partial charge in [-0.25, -0.2) is 0 Å². The highest BCUT2D eigenvalue weighted by molar-refractivity contribution is 9.10. The summed E-state index contributed by atoms with van der Waals surface area (Å²) in [5.41, 5.74) is 0.654. The van der Waals surface area contributed by atoms with Crippen molar-refractivity contribution in [2.24, 2.45) is 0 Å². The number of benzene rings is 1. The molecular formula is C11H13BrO2. The quantitative estimate of drug-likeness (QED) is 0.695. The first kappa shape index (κ1) is 11.1. The molecule has 0 aliphatic carbocycles. The molecule has 1 rings (SSSR count). The Morgan fingerprint density at radius 1 is 1.00 bits per heavy atom. The molecule has 2 nitrogen and oxygen atoms in total. The van der Waals surface area contributed by atoms with Crippen molar-refractivity contribution in [2.45, 2.75) is 20.8 Å². The van der Waals surface area contributed by atoms with E-state index in [2.05, 4.69) is 15.9 Å². The zero-order valence-electron chi connectivity index (χ0n) is 8.43. The van der Waals surface area contributed by atoms with Crippen LogP contribution in [0.2, 0.25) is 0 Å². The zero-order chi connectivity index (χ0) is 10.9. The minimum absolute atomic E-state index is 0.177. The van der Waals surface area contributed by atoms with Crippen LogP contribution in [-0.4, -0.2) is 10.2 Å². The third-order valence-electron chi connectivity index (χ3n) is 2.27. The summed E-state index contributed by atoms with van der Waals surface area (Å²) in [7, 11) is 0. The van der Waals surface area contributed by atoms with Gasteiger partial charge in [-0.05, 0) is 36.7 Å². The van der Waals surface area contributed by atoms with Crippen LogP contribution in [0.15, 0.2) is 4.47 Å². The first-order valence-corrected chi connectivity index (χ1v) is 5.16. The molecule has 0 saturated carbocycles. The van der Waals surface area contributed by atoms with Crippen LogP contribution in [0, 0.1) is 6.92 Å². The van der Waals surface area contributed by atoms with E-state index in [9.17, 15) is 10.2 Å². The molecule has 76 valence electrons. The maximum atomic E-state index is 9.82. The van der Waals surface area contributed by atoms with Crippen LogP contribution in [0.5, 0.6) is 11.5 Å². The van der Waals surface area contributed by atoms with E-state index >= 15 is 0 Å². The van der Waals surface area contributed by atoms with Crippen LogP contribution < -0.4 is 10.4 Å². The van der Waals surface area contributed by atoms with Gasteiger partial charge in [0.15, 0.2) is 0 Å². The molecule has 0 spiro atoms. The van der Waals surface area contributed by atoms with Gasteiger partial charge in [-0.3, -0.25) is 0 Å². The van der Waals surface area contributed by atoms with E-state index in [-0.39, 0.29) is 11.5 Å². The molecule has 1 aromatic carbocycles. The second kappa shape index (κ2) is 4.05. The van der Waals surface area contributed by atoms with Crippen molar-refractivity contribution in [1.29, 1.82) is 0 Å². The van der Waals surface area contributed by atoms with Gasteiger partial charge in [0.2, 0.25) is 0 Å². The van der Waals surface area contributed by atoms with Gasteiger partial charge < -0.3 is 10.2 Å². The molecule has 0 atom stereocenters. The predicted octanol–water partition coefficient (Wildman–Crippen LogP) is 1.77. The lowest BCUT2D eigenvalue weighted by atomic mass is 10.1. The highest BCUT2D eigenvalue weighted by atomic mass is 79.9. The van der Waals surface area contributed by atoms with E-state index in [4.69, 9.17) is 0 Å². The van der Waals surface area contributed by atoms with E-state index in [1.807, 2.05) is 13.8 Å². The lowest BCUT2D eigenvalue weighted by Crippen LogP contribution is -2.25. The summed E-state index contributed by atoms with van der Waals surface area (Å²) in [6.07, 6.45) is 3.55. The monoisotopic (exact) mass is 256 g/mol.